The van der Waals surface area contributed by atoms with Gasteiger partial charge < -0.3 is 0 Å². The molecule has 0 aliphatic heterocycles. The molecule has 1 fully saturated rings. The molecule has 14 heavy (non-hydrogen) atoms. The van der Waals surface area contributed by atoms with Gasteiger partial charge in [-0.3, -0.25) is 0 Å². The third-order valence-electron chi connectivity index (χ3n) is 3.31. The standard InChI is InChI=1S/C14H20/c1-10-9-13(10)11-5-7-12(8-6-11)14(2,3)4/h5-8,10,13H,9H2,1-4H3/t10-,13+/m0/s1. The van der Waals surface area contributed by atoms with Crippen LogP contribution in [0.15, 0.2) is 24.3 Å². The van der Waals surface area contributed by atoms with Gasteiger partial charge in [0.15, 0.2) is 0 Å². The van der Waals surface area contributed by atoms with Crippen molar-refractivity contribution in [3.63, 3.8) is 0 Å². The molecule has 0 heteroatoms. The first-order chi connectivity index (χ1) is 6.48. The minimum atomic E-state index is 0.285. The van der Waals surface area contributed by atoms with Crippen LogP contribution < -0.4 is 0 Å². The highest BCUT2D eigenvalue weighted by molar-refractivity contribution is 5.32. The number of rotatable bonds is 1. The highest BCUT2D eigenvalue weighted by Gasteiger charge is 2.33. The fourth-order valence-corrected chi connectivity index (χ4v) is 2.02. The van der Waals surface area contributed by atoms with E-state index in [1.807, 2.05) is 0 Å². The van der Waals surface area contributed by atoms with Gasteiger partial charge in [-0.1, -0.05) is 52.0 Å². The van der Waals surface area contributed by atoms with Gasteiger partial charge in [0.05, 0.1) is 0 Å². The first-order valence-corrected chi connectivity index (χ1v) is 5.59. The Bertz CT molecular complexity index is 313. The van der Waals surface area contributed by atoms with E-state index >= 15 is 0 Å². The van der Waals surface area contributed by atoms with Crippen molar-refractivity contribution in [2.75, 3.05) is 0 Å². The third kappa shape index (κ3) is 1.84. The van der Waals surface area contributed by atoms with E-state index in [-0.39, 0.29) is 5.41 Å². The van der Waals surface area contributed by atoms with Gasteiger partial charge in [0.25, 0.3) is 0 Å². The summed E-state index contributed by atoms with van der Waals surface area (Å²) < 4.78 is 0. The topological polar surface area (TPSA) is 0 Å². The second-order valence-corrected chi connectivity index (χ2v) is 5.69. The number of hydrogen-bond acceptors (Lipinski definition) is 0. The maximum Gasteiger partial charge on any atom is -0.0132 e. The van der Waals surface area contributed by atoms with Crippen LogP contribution >= 0.6 is 0 Å². The lowest BCUT2D eigenvalue weighted by molar-refractivity contribution is 0.590. The van der Waals surface area contributed by atoms with Gasteiger partial charge in [0.2, 0.25) is 0 Å². The summed E-state index contributed by atoms with van der Waals surface area (Å²) in [6.07, 6.45) is 1.38. The van der Waals surface area contributed by atoms with E-state index in [0.717, 1.165) is 11.8 Å². The van der Waals surface area contributed by atoms with Crippen LogP contribution in [0.2, 0.25) is 0 Å². The van der Waals surface area contributed by atoms with Crippen LogP contribution in [-0.4, -0.2) is 0 Å². The summed E-state index contributed by atoms with van der Waals surface area (Å²) >= 11 is 0. The fraction of sp³-hybridized carbons (Fsp3) is 0.571. The van der Waals surface area contributed by atoms with Crippen molar-refractivity contribution in [2.24, 2.45) is 5.92 Å². The van der Waals surface area contributed by atoms with Crippen molar-refractivity contribution < 1.29 is 0 Å². The van der Waals surface area contributed by atoms with E-state index in [0.29, 0.717) is 0 Å². The van der Waals surface area contributed by atoms with Gasteiger partial charge in [-0.15, -0.1) is 0 Å². The largest absolute Gasteiger partial charge is 0.0619 e. The van der Waals surface area contributed by atoms with Crippen LogP contribution in [0.25, 0.3) is 0 Å². The average molecular weight is 188 g/mol. The summed E-state index contributed by atoms with van der Waals surface area (Å²) in [4.78, 5) is 0. The van der Waals surface area contributed by atoms with E-state index < -0.39 is 0 Å². The molecule has 1 aliphatic rings. The molecule has 2 rings (SSSR count). The van der Waals surface area contributed by atoms with Crippen LogP contribution in [0.4, 0.5) is 0 Å². The Labute approximate surface area is 87.3 Å². The fourth-order valence-electron chi connectivity index (χ4n) is 2.02. The van der Waals surface area contributed by atoms with E-state index in [2.05, 4.69) is 52.0 Å². The molecule has 0 heterocycles. The predicted octanol–water partition coefficient (Wildman–Crippen LogP) is 4.11. The minimum Gasteiger partial charge on any atom is -0.0619 e. The highest BCUT2D eigenvalue weighted by Crippen LogP contribution is 2.46. The van der Waals surface area contributed by atoms with Crippen molar-refractivity contribution >= 4 is 0 Å². The van der Waals surface area contributed by atoms with E-state index in [1.54, 1.807) is 0 Å². The van der Waals surface area contributed by atoms with Crippen molar-refractivity contribution in [1.29, 1.82) is 0 Å². The zero-order valence-corrected chi connectivity index (χ0v) is 9.67. The Kier molecular flexibility index (Phi) is 2.17. The SMILES string of the molecule is C[C@H]1C[C@H]1c1ccc(C(C)(C)C)cc1. The molecule has 0 amide bonds. The Balaban J connectivity index is 2.18. The van der Waals surface area contributed by atoms with Gasteiger partial charge in [-0.05, 0) is 34.8 Å². The van der Waals surface area contributed by atoms with Crippen LogP contribution in [0.5, 0.6) is 0 Å². The molecule has 0 unspecified atom stereocenters. The van der Waals surface area contributed by atoms with Gasteiger partial charge in [0.1, 0.15) is 0 Å². The second kappa shape index (κ2) is 3.12. The summed E-state index contributed by atoms with van der Waals surface area (Å²) in [7, 11) is 0. The monoisotopic (exact) mass is 188 g/mol. The normalized spacial score (nSPS) is 26.3. The summed E-state index contributed by atoms with van der Waals surface area (Å²) in [5.74, 6) is 1.76. The maximum absolute atomic E-state index is 2.34. The van der Waals surface area contributed by atoms with Crippen LogP contribution in [0, 0.1) is 5.92 Å². The summed E-state index contributed by atoms with van der Waals surface area (Å²) in [5.41, 5.74) is 3.26. The number of hydrogen-bond donors (Lipinski definition) is 0. The van der Waals surface area contributed by atoms with E-state index in [9.17, 15) is 0 Å². The van der Waals surface area contributed by atoms with Gasteiger partial charge >= 0.3 is 0 Å². The molecule has 0 N–H and O–H groups in total. The molecular weight excluding hydrogens is 168 g/mol. The van der Waals surface area contributed by atoms with Crippen LogP contribution in [0.1, 0.15) is 51.2 Å². The van der Waals surface area contributed by atoms with Crippen molar-refractivity contribution in [3.05, 3.63) is 35.4 Å². The lowest BCUT2D eigenvalue weighted by Crippen LogP contribution is -2.10. The third-order valence-corrected chi connectivity index (χ3v) is 3.31. The quantitative estimate of drug-likeness (QED) is 0.622. The molecule has 0 aromatic heterocycles. The van der Waals surface area contributed by atoms with Gasteiger partial charge in [-0.25, -0.2) is 0 Å². The molecule has 1 aromatic rings. The minimum absolute atomic E-state index is 0.285. The molecule has 0 nitrogen and oxygen atoms in total. The average Bonchev–Trinajstić information content (AvgIpc) is 2.81. The predicted molar refractivity (Wildman–Crippen MR) is 61.7 cm³/mol. The highest BCUT2D eigenvalue weighted by atomic mass is 14.4. The smallest absolute Gasteiger partial charge is 0.0132 e. The van der Waals surface area contributed by atoms with Crippen molar-refractivity contribution in [1.82, 2.24) is 0 Å². The summed E-state index contributed by atoms with van der Waals surface area (Å²) in [6, 6.07) is 9.21. The van der Waals surface area contributed by atoms with Crippen LogP contribution in [0.3, 0.4) is 0 Å². The molecular formula is C14H20. The zero-order chi connectivity index (χ0) is 10.3. The first-order valence-electron chi connectivity index (χ1n) is 5.59. The van der Waals surface area contributed by atoms with E-state index in [4.69, 9.17) is 0 Å². The molecule has 0 saturated heterocycles. The lowest BCUT2D eigenvalue weighted by atomic mass is 9.86. The second-order valence-electron chi connectivity index (χ2n) is 5.69. The Hall–Kier alpha value is -0.780. The Morgan fingerprint density at radius 1 is 1.07 bits per heavy atom. The van der Waals surface area contributed by atoms with Crippen molar-refractivity contribution in [3.8, 4) is 0 Å². The zero-order valence-electron chi connectivity index (χ0n) is 9.67. The maximum atomic E-state index is 2.34. The molecule has 2 atom stereocenters. The Morgan fingerprint density at radius 2 is 1.57 bits per heavy atom. The van der Waals surface area contributed by atoms with Gasteiger partial charge in [-0.2, -0.15) is 0 Å². The molecule has 76 valence electrons. The van der Waals surface area contributed by atoms with Gasteiger partial charge in [0, 0.05) is 0 Å². The summed E-state index contributed by atoms with van der Waals surface area (Å²) in [5, 5.41) is 0. The molecule has 1 saturated carbocycles. The molecule has 0 spiro atoms. The van der Waals surface area contributed by atoms with E-state index in [1.165, 1.54) is 17.5 Å². The first kappa shape index (κ1) is 9.76. The Morgan fingerprint density at radius 3 is 1.93 bits per heavy atom. The summed E-state index contributed by atoms with van der Waals surface area (Å²) in [6.45, 7) is 9.13. The van der Waals surface area contributed by atoms with Crippen molar-refractivity contribution in [2.45, 2.75) is 45.4 Å². The van der Waals surface area contributed by atoms with Crippen LogP contribution in [-0.2, 0) is 5.41 Å². The molecule has 1 aromatic carbocycles. The molecule has 0 radical (unpaired) electrons. The number of benzene rings is 1. The lowest BCUT2D eigenvalue weighted by Gasteiger charge is -2.19. The molecule has 0 bridgehead atoms. The molecule has 1 aliphatic carbocycles.